The van der Waals surface area contributed by atoms with Crippen LogP contribution < -0.4 is 9.47 Å². The lowest BCUT2D eigenvalue weighted by Gasteiger charge is -2.36. The average molecular weight is 466 g/mol. The molecule has 180 valence electrons. The maximum absolute atomic E-state index is 13.3. The van der Waals surface area contributed by atoms with Crippen molar-refractivity contribution in [2.75, 3.05) is 14.2 Å². The molecule has 4 atom stereocenters. The Hall–Kier alpha value is -3.48. The highest BCUT2D eigenvalue weighted by molar-refractivity contribution is 6.10. The zero-order valence-electron chi connectivity index (χ0n) is 19.8. The van der Waals surface area contributed by atoms with Crippen LogP contribution >= 0.6 is 0 Å². The fourth-order valence-electron chi connectivity index (χ4n) is 4.81. The molecule has 0 bridgehead atoms. The number of unbranched alkanes of at least 4 members (excludes halogenated alkanes) is 1. The van der Waals surface area contributed by atoms with Gasteiger partial charge in [0.25, 0.3) is 0 Å². The number of carbonyl (C=O) groups excluding carboxylic acids is 2. The summed E-state index contributed by atoms with van der Waals surface area (Å²) in [6, 6.07) is 13.2. The van der Waals surface area contributed by atoms with E-state index in [1.54, 1.807) is 68.8 Å². The van der Waals surface area contributed by atoms with E-state index in [9.17, 15) is 19.7 Å². The van der Waals surface area contributed by atoms with Crippen molar-refractivity contribution >= 4 is 17.6 Å². The molecule has 0 saturated heterocycles. The zero-order chi connectivity index (χ0) is 24.7. The molecule has 0 aromatic heterocycles. The summed E-state index contributed by atoms with van der Waals surface area (Å²) in [5, 5.41) is 12.3. The Morgan fingerprint density at radius 2 is 1.65 bits per heavy atom. The minimum absolute atomic E-state index is 0.0343. The molecule has 4 unspecified atom stereocenters. The molecule has 3 rings (SSSR count). The number of hydrogen-bond acceptors (Lipinski definition) is 6. The molecule has 0 aliphatic heterocycles. The number of Topliss-reactive ketones (excluding diaryl/α,β-unsaturated/α-hetero) is 1. The van der Waals surface area contributed by atoms with Crippen LogP contribution in [-0.2, 0) is 9.59 Å². The van der Waals surface area contributed by atoms with Crippen molar-refractivity contribution in [1.29, 1.82) is 0 Å². The summed E-state index contributed by atoms with van der Waals surface area (Å²) in [4.78, 5) is 38.4. The lowest BCUT2D eigenvalue weighted by molar-refractivity contribution is -0.539. The van der Waals surface area contributed by atoms with E-state index in [2.05, 4.69) is 0 Å². The molecule has 1 aliphatic carbocycles. The van der Waals surface area contributed by atoms with Gasteiger partial charge in [-0.3, -0.25) is 19.7 Å². The quantitative estimate of drug-likeness (QED) is 0.209. The van der Waals surface area contributed by atoms with Gasteiger partial charge in [-0.05, 0) is 47.9 Å². The van der Waals surface area contributed by atoms with Crippen LogP contribution in [0, 0.1) is 22.0 Å². The predicted octanol–water partition coefficient (Wildman–Crippen LogP) is 5.11. The Balaban J connectivity index is 1.91. The third kappa shape index (κ3) is 5.71. The smallest absolute Gasteiger partial charge is 0.224 e. The highest BCUT2D eigenvalue weighted by Crippen LogP contribution is 2.42. The fourth-order valence-corrected chi connectivity index (χ4v) is 4.81. The number of methoxy groups -OCH3 is 2. The lowest BCUT2D eigenvalue weighted by atomic mass is 9.65. The highest BCUT2D eigenvalue weighted by atomic mass is 16.6. The summed E-state index contributed by atoms with van der Waals surface area (Å²) in [7, 11) is 3.12. The Labute approximate surface area is 199 Å². The molecule has 1 aliphatic rings. The van der Waals surface area contributed by atoms with E-state index in [0.29, 0.717) is 24.3 Å². The summed E-state index contributed by atoms with van der Waals surface area (Å²) < 4.78 is 10.3. The summed E-state index contributed by atoms with van der Waals surface area (Å²) in [6.07, 6.45) is 4.98. The van der Waals surface area contributed by atoms with Gasteiger partial charge in [0.15, 0.2) is 5.78 Å². The van der Waals surface area contributed by atoms with Crippen molar-refractivity contribution < 1.29 is 24.0 Å². The molecule has 0 radical (unpaired) electrons. The van der Waals surface area contributed by atoms with Crippen LogP contribution in [0.15, 0.2) is 54.6 Å². The largest absolute Gasteiger partial charge is 0.497 e. The van der Waals surface area contributed by atoms with Crippen LogP contribution in [-0.4, -0.2) is 36.8 Å². The maximum atomic E-state index is 13.3. The Morgan fingerprint density at radius 1 is 1.06 bits per heavy atom. The normalized spacial score (nSPS) is 22.5. The highest BCUT2D eigenvalue weighted by Gasteiger charge is 2.52. The molecular formula is C27H31NO6. The molecule has 7 heteroatoms. The van der Waals surface area contributed by atoms with E-state index in [1.807, 2.05) is 6.92 Å². The molecule has 0 N–H and O–H groups in total. The molecule has 7 nitrogen and oxygen atoms in total. The van der Waals surface area contributed by atoms with Crippen LogP contribution in [0.3, 0.4) is 0 Å². The second-order valence-corrected chi connectivity index (χ2v) is 8.62. The predicted molar refractivity (Wildman–Crippen MR) is 130 cm³/mol. The standard InChI is InChI=1S/C27H31NO6/c1-4-5-6-22-26(24(29)16-9-18-7-12-20(33-2)13-8-18)25(30)17-23(27(22)28(31)32)19-10-14-21(34-3)15-11-19/h7-16,22-23,26-27H,4-6,17H2,1-3H3/b16-9+. The SMILES string of the molecule is CCCCC1C(C(=O)/C=C/c2ccc(OC)cc2)C(=O)CC(c2ccc(OC)cc2)C1[N+](=O)[O-]. The van der Waals surface area contributed by atoms with Gasteiger partial charge in [-0.2, -0.15) is 0 Å². The van der Waals surface area contributed by atoms with Crippen LogP contribution in [0.2, 0.25) is 0 Å². The molecule has 0 heterocycles. The first-order valence-corrected chi connectivity index (χ1v) is 11.6. The van der Waals surface area contributed by atoms with E-state index < -0.39 is 23.8 Å². The number of benzene rings is 2. The molecule has 0 amide bonds. The summed E-state index contributed by atoms with van der Waals surface area (Å²) in [6.45, 7) is 1.99. The van der Waals surface area contributed by atoms with E-state index in [-0.39, 0.29) is 22.9 Å². The summed E-state index contributed by atoms with van der Waals surface area (Å²) in [5.74, 6) is -1.51. The number of ether oxygens (including phenoxy) is 2. The Morgan fingerprint density at radius 3 is 2.18 bits per heavy atom. The van der Waals surface area contributed by atoms with Crippen molar-refractivity contribution in [2.24, 2.45) is 11.8 Å². The number of carbonyl (C=O) groups is 2. The number of allylic oxidation sites excluding steroid dienone is 1. The van der Waals surface area contributed by atoms with Crippen molar-refractivity contribution in [3.63, 3.8) is 0 Å². The zero-order valence-corrected chi connectivity index (χ0v) is 19.8. The Kier molecular flexibility index (Phi) is 8.57. The van der Waals surface area contributed by atoms with Gasteiger partial charge in [0.05, 0.1) is 26.1 Å². The minimum atomic E-state index is -1.01. The second kappa shape index (κ2) is 11.6. The first-order valence-electron chi connectivity index (χ1n) is 11.6. The van der Waals surface area contributed by atoms with E-state index in [4.69, 9.17) is 9.47 Å². The van der Waals surface area contributed by atoms with Crippen molar-refractivity contribution in [2.45, 2.75) is 44.6 Å². The van der Waals surface area contributed by atoms with Gasteiger partial charge in [-0.15, -0.1) is 0 Å². The van der Waals surface area contributed by atoms with Gasteiger partial charge >= 0.3 is 0 Å². The van der Waals surface area contributed by atoms with Gasteiger partial charge in [-0.25, -0.2) is 0 Å². The first kappa shape index (κ1) is 25.1. The minimum Gasteiger partial charge on any atom is -0.497 e. The first-order chi connectivity index (χ1) is 16.4. The van der Waals surface area contributed by atoms with Crippen LogP contribution in [0.1, 0.15) is 49.7 Å². The van der Waals surface area contributed by atoms with Gasteiger partial charge in [0.2, 0.25) is 6.04 Å². The van der Waals surface area contributed by atoms with Crippen LogP contribution in [0.4, 0.5) is 0 Å². The van der Waals surface area contributed by atoms with Gasteiger partial charge in [-0.1, -0.05) is 50.1 Å². The summed E-state index contributed by atoms with van der Waals surface area (Å²) in [5.41, 5.74) is 1.50. The number of nitro groups is 1. The molecule has 0 spiro atoms. The monoisotopic (exact) mass is 465 g/mol. The number of hydrogen-bond donors (Lipinski definition) is 0. The summed E-state index contributed by atoms with van der Waals surface area (Å²) >= 11 is 0. The van der Waals surface area contributed by atoms with Crippen LogP contribution in [0.25, 0.3) is 6.08 Å². The van der Waals surface area contributed by atoms with Gasteiger partial charge in [0.1, 0.15) is 17.3 Å². The van der Waals surface area contributed by atoms with Crippen LogP contribution in [0.5, 0.6) is 11.5 Å². The third-order valence-electron chi connectivity index (χ3n) is 6.59. The van der Waals surface area contributed by atoms with Gasteiger partial charge < -0.3 is 9.47 Å². The average Bonchev–Trinajstić information content (AvgIpc) is 2.85. The molecule has 1 fully saturated rings. The van der Waals surface area contributed by atoms with Crippen molar-refractivity contribution in [1.82, 2.24) is 0 Å². The molecule has 34 heavy (non-hydrogen) atoms. The van der Waals surface area contributed by atoms with Crippen molar-refractivity contribution in [3.05, 3.63) is 75.8 Å². The van der Waals surface area contributed by atoms with E-state index >= 15 is 0 Å². The third-order valence-corrected chi connectivity index (χ3v) is 6.59. The maximum Gasteiger partial charge on any atom is 0.224 e. The second-order valence-electron chi connectivity index (χ2n) is 8.62. The number of rotatable bonds is 10. The van der Waals surface area contributed by atoms with E-state index in [0.717, 1.165) is 17.5 Å². The molecule has 2 aromatic rings. The van der Waals surface area contributed by atoms with E-state index in [1.165, 1.54) is 6.08 Å². The topological polar surface area (TPSA) is 95.7 Å². The fraction of sp³-hybridized carbons (Fsp3) is 0.407. The van der Waals surface area contributed by atoms with Crippen molar-refractivity contribution in [3.8, 4) is 11.5 Å². The van der Waals surface area contributed by atoms with Gasteiger partial charge in [0, 0.05) is 17.3 Å². The number of nitrogens with zero attached hydrogens (tertiary/aromatic N) is 1. The molecule has 1 saturated carbocycles. The lowest BCUT2D eigenvalue weighted by Crippen LogP contribution is -2.49. The number of ketones is 2. The molecular weight excluding hydrogens is 434 g/mol. The molecule has 2 aromatic carbocycles. The Bertz CT molecular complexity index is 1030.